The van der Waals surface area contributed by atoms with Crippen LogP contribution in [0, 0.1) is 0 Å². The number of benzene rings is 1. The highest BCUT2D eigenvalue weighted by atomic mass is 35.5. The summed E-state index contributed by atoms with van der Waals surface area (Å²) in [4.78, 5) is 0. The molecule has 1 fully saturated rings. The highest BCUT2D eigenvalue weighted by molar-refractivity contribution is 6.57. The number of halogens is 3. The number of hydrogen-bond donors (Lipinski definition) is 0. The van der Waals surface area contributed by atoms with Crippen LogP contribution in [0.1, 0.15) is 0 Å². The number of hydrogen-bond acceptors (Lipinski definition) is 1. The van der Waals surface area contributed by atoms with E-state index in [1.807, 2.05) is 30.3 Å². The molecule has 1 aromatic rings. The van der Waals surface area contributed by atoms with Crippen molar-refractivity contribution in [2.45, 2.75) is 15.8 Å². The van der Waals surface area contributed by atoms with E-state index in [9.17, 15) is 0 Å². The van der Waals surface area contributed by atoms with Gasteiger partial charge >= 0.3 is 0 Å². The maximum atomic E-state index is 5.82. The largest absolute Gasteiger partial charge is 0.486 e. The van der Waals surface area contributed by atoms with Gasteiger partial charge in [-0.25, -0.2) is 0 Å². The lowest BCUT2D eigenvalue weighted by Crippen LogP contribution is -2.04. The summed E-state index contributed by atoms with van der Waals surface area (Å²) < 4.78 is 4.52. The van der Waals surface area contributed by atoms with Crippen molar-refractivity contribution >= 4 is 34.8 Å². The van der Waals surface area contributed by atoms with Crippen LogP contribution in [0.5, 0.6) is 5.75 Å². The van der Waals surface area contributed by atoms with Crippen molar-refractivity contribution in [3.05, 3.63) is 30.3 Å². The molecule has 0 heterocycles. The lowest BCUT2D eigenvalue weighted by Gasteiger charge is -2.03. The molecule has 0 bridgehead atoms. The molecule has 1 saturated carbocycles. The van der Waals surface area contributed by atoms with Gasteiger partial charge in [-0.05, 0) is 12.1 Å². The van der Waals surface area contributed by atoms with Gasteiger partial charge in [-0.2, -0.15) is 0 Å². The van der Waals surface area contributed by atoms with Crippen LogP contribution in [0.2, 0.25) is 0 Å². The zero-order chi connectivity index (χ0) is 9.47. The van der Waals surface area contributed by atoms with Gasteiger partial charge in [0, 0.05) is 0 Å². The van der Waals surface area contributed by atoms with Gasteiger partial charge in [-0.1, -0.05) is 41.4 Å². The number of para-hydroxylation sites is 1. The van der Waals surface area contributed by atoms with E-state index < -0.39 is 4.33 Å². The summed E-state index contributed by atoms with van der Waals surface area (Å²) in [7, 11) is 0. The monoisotopic (exact) mass is 236 g/mol. The molecular weight excluding hydrogens is 230 g/mol. The fourth-order valence-electron chi connectivity index (χ4n) is 1.05. The Balaban J connectivity index is 2.02. The van der Waals surface area contributed by atoms with E-state index in [0.29, 0.717) is 0 Å². The average molecular weight is 238 g/mol. The number of alkyl halides is 3. The molecule has 0 amide bonds. The fourth-order valence-corrected chi connectivity index (χ4v) is 1.92. The number of rotatable bonds is 2. The first-order valence-electron chi connectivity index (χ1n) is 3.86. The van der Waals surface area contributed by atoms with Crippen molar-refractivity contribution in [2.24, 2.45) is 0 Å². The quantitative estimate of drug-likeness (QED) is 0.718. The molecule has 0 aromatic heterocycles. The molecule has 2 unspecified atom stereocenters. The Hall–Kier alpha value is -0.110. The first kappa shape index (κ1) is 9.45. The van der Waals surface area contributed by atoms with Crippen LogP contribution in [0.4, 0.5) is 0 Å². The maximum Gasteiger partial charge on any atom is 0.176 e. The van der Waals surface area contributed by atoms with Gasteiger partial charge in [0.2, 0.25) is 0 Å². The van der Waals surface area contributed by atoms with Gasteiger partial charge in [0.05, 0.1) is 0 Å². The molecule has 0 spiro atoms. The van der Waals surface area contributed by atoms with Crippen molar-refractivity contribution in [1.82, 2.24) is 0 Å². The van der Waals surface area contributed by atoms with Gasteiger partial charge in [0.15, 0.2) is 10.4 Å². The highest BCUT2D eigenvalue weighted by Gasteiger charge is 2.65. The lowest BCUT2D eigenvalue weighted by molar-refractivity contribution is 0.301. The second-order valence-corrected chi connectivity index (χ2v) is 4.84. The first-order valence-corrected chi connectivity index (χ1v) is 5.05. The Morgan fingerprint density at radius 2 is 1.69 bits per heavy atom. The van der Waals surface area contributed by atoms with Crippen molar-refractivity contribution < 1.29 is 4.74 Å². The summed E-state index contributed by atoms with van der Waals surface area (Å²) in [6.07, 6.45) is -0.306. The minimum Gasteiger partial charge on any atom is -0.486 e. The van der Waals surface area contributed by atoms with E-state index in [0.717, 1.165) is 5.75 Å². The van der Waals surface area contributed by atoms with E-state index in [1.165, 1.54) is 0 Å². The zero-order valence-corrected chi connectivity index (χ0v) is 8.85. The molecule has 1 aliphatic carbocycles. The van der Waals surface area contributed by atoms with Gasteiger partial charge in [0.1, 0.15) is 11.1 Å². The van der Waals surface area contributed by atoms with Crippen LogP contribution in [-0.2, 0) is 0 Å². The third-order valence-corrected chi connectivity index (χ3v) is 3.61. The van der Waals surface area contributed by atoms with E-state index in [1.54, 1.807) is 0 Å². The van der Waals surface area contributed by atoms with Crippen LogP contribution >= 0.6 is 34.8 Å². The van der Waals surface area contributed by atoms with Gasteiger partial charge < -0.3 is 4.74 Å². The molecule has 0 N–H and O–H groups in total. The summed E-state index contributed by atoms with van der Waals surface area (Å²) in [6.45, 7) is 0. The minimum atomic E-state index is -0.933. The zero-order valence-electron chi connectivity index (χ0n) is 6.58. The van der Waals surface area contributed by atoms with Crippen molar-refractivity contribution in [1.29, 1.82) is 0 Å². The minimum absolute atomic E-state index is 0.306. The molecule has 0 radical (unpaired) electrons. The smallest absolute Gasteiger partial charge is 0.176 e. The van der Waals surface area contributed by atoms with Crippen LogP contribution in [0.25, 0.3) is 0 Å². The molecule has 13 heavy (non-hydrogen) atoms. The van der Waals surface area contributed by atoms with Crippen LogP contribution in [-0.4, -0.2) is 15.8 Å². The van der Waals surface area contributed by atoms with E-state index in [-0.39, 0.29) is 11.5 Å². The molecule has 1 aliphatic rings. The summed E-state index contributed by atoms with van der Waals surface area (Å²) in [5.74, 6) is 0.737. The Morgan fingerprint density at radius 1 is 1.15 bits per heavy atom. The highest BCUT2D eigenvalue weighted by Crippen LogP contribution is 2.53. The molecule has 4 heteroatoms. The molecule has 2 atom stereocenters. The van der Waals surface area contributed by atoms with Crippen LogP contribution in [0.3, 0.4) is 0 Å². The average Bonchev–Trinajstić information content (AvgIpc) is 2.57. The van der Waals surface area contributed by atoms with Crippen LogP contribution in [0.15, 0.2) is 30.3 Å². The summed E-state index contributed by atoms with van der Waals surface area (Å²) >= 11 is 17.4. The molecule has 1 aromatic carbocycles. The molecule has 70 valence electrons. The normalized spacial score (nSPS) is 29.8. The topological polar surface area (TPSA) is 9.23 Å². The van der Waals surface area contributed by atoms with Crippen molar-refractivity contribution in [3.8, 4) is 5.75 Å². The molecule has 0 saturated heterocycles. The number of ether oxygens (including phenoxy) is 1. The third-order valence-electron chi connectivity index (χ3n) is 1.91. The van der Waals surface area contributed by atoms with E-state index in [4.69, 9.17) is 39.5 Å². The second kappa shape index (κ2) is 3.23. The van der Waals surface area contributed by atoms with Gasteiger partial charge in [-0.3, -0.25) is 0 Å². The summed E-state index contributed by atoms with van der Waals surface area (Å²) in [5, 5.41) is -0.323. The third kappa shape index (κ3) is 1.74. The Labute approximate surface area is 91.5 Å². The summed E-state index contributed by atoms with van der Waals surface area (Å²) in [6, 6.07) is 9.35. The predicted molar refractivity (Wildman–Crippen MR) is 54.9 cm³/mol. The maximum absolute atomic E-state index is 5.82. The summed E-state index contributed by atoms with van der Waals surface area (Å²) in [5.41, 5.74) is 0. The molecule has 1 nitrogen and oxygen atoms in total. The van der Waals surface area contributed by atoms with Crippen molar-refractivity contribution in [2.75, 3.05) is 0 Å². The van der Waals surface area contributed by atoms with E-state index in [2.05, 4.69) is 0 Å². The first-order chi connectivity index (χ1) is 6.12. The molecule has 0 aliphatic heterocycles. The fraction of sp³-hybridized carbons (Fsp3) is 0.333. The van der Waals surface area contributed by atoms with Crippen LogP contribution < -0.4 is 4.74 Å². The second-order valence-electron chi connectivity index (χ2n) is 2.93. The standard InChI is InChI=1S/C9H7Cl3O/c10-7-8(9(7,11)12)13-6-4-2-1-3-5-6/h1-5,7-8H. The SMILES string of the molecule is ClC1C(Oc2ccccc2)C1(Cl)Cl. The molecule has 2 rings (SSSR count). The Bertz CT molecular complexity index is 299. The Morgan fingerprint density at radius 3 is 2.15 bits per heavy atom. The Kier molecular flexibility index (Phi) is 2.35. The van der Waals surface area contributed by atoms with Gasteiger partial charge in [0.25, 0.3) is 0 Å². The van der Waals surface area contributed by atoms with Crippen molar-refractivity contribution in [3.63, 3.8) is 0 Å². The van der Waals surface area contributed by atoms with E-state index >= 15 is 0 Å². The van der Waals surface area contributed by atoms with Gasteiger partial charge in [-0.15, -0.1) is 11.6 Å². The molecular formula is C9H7Cl3O. The lowest BCUT2D eigenvalue weighted by atomic mass is 10.3. The predicted octanol–water partition coefficient (Wildman–Crippen LogP) is 3.23.